The summed E-state index contributed by atoms with van der Waals surface area (Å²) in [6.07, 6.45) is 94.6. The van der Waals surface area contributed by atoms with Gasteiger partial charge in [-0.25, -0.2) is 9.13 Å². The summed E-state index contributed by atoms with van der Waals surface area (Å²) in [5, 5.41) is 20.6. The quantitative estimate of drug-likeness (QED) is 0.0146. The third-order valence-corrected chi connectivity index (χ3v) is 18.5. The Kier molecular flexibility index (Phi) is 73.6. The van der Waals surface area contributed by atoms with E-state index < -0.39 is 91.5 Å². The highest BCUT2D eigenvalue weighted by molar-refractivity contribution is 7.47. The standard InChI is InChI=1S/C85H144O16P2/c1-4-7-10-13-16-19-22-25-27-29-31-33-35-37-39-41-43-45-47-49-51-54-56-59-62-65-68-71-83(88)95-74-80(86)75-97-102(91,92)98-76-81(87)77-99-103(93,94)100-79-82(101-85(90)73-70-67-64-61-58-53-24-21-18-15-12-9-6-3)78-96-84(89)72-69-66-63-60-57-55-52-50-48-46-44-42-40-38-36-34-32-30-28-26-23-20-17-14-11-8-5-2/h7-8,10-11,16-17,19-20,25-28,31-34,37-40,43-46,80-82,86-87H,4-6,9,12-15,18,21-24,29-30,35-36,41-42,47-79H2,1-3H3,(H,91,92)(H,93,94)/b10-7-,11-8-,19-16-,20-17-,27-25-,28-26-,33-31-,34-32-,39-37-,40-38-,45-43-,46-44-. The Balaban J connectivity index is 4.56. The molecule has 0 aromatic carbocycles. The molecule has 0 aromatic rings. The highest BCUT2D eigenvalue weighted by Gasteiger charge is 2.29. The molecule has 4 N–H and O–H groups in total. The number of carbonyl (C=O) groups excluding carboxylic acids is 3. The van der Waals surface area contributed by atoms with Gasteiger partial charge in [0.05, 0.1) is 26.4 Å². The first-order chi connectivity index (χ1) is 50.2. The molecule has 0 radical (unpaired) electrons. The normalized spacial score (nSPS) is 14.7. The number of phosphoric ester groups is 2. The van der Waals surface area contributed by atoms with Crippen LogP contribution >= 0.6 is 15.6 Å². The number of hydrogen-bond acceptors (Lipinski definition) is 14. The molecule has 0 aliphatic rings. The summed E-state index contributed by atoms with van der Waals surface area (Å²) in [6.45, 7) is 2.45. The Morgan fingerprint density at radius 3 is 0.816 bits per heavy atom. The van der Waals surface area contributed by atoms with Crippen molar-refractivity contribution in [2.45, 2.75) is 334 Å². The summed E-state index contributed by atoms with van der Waals surface area (Å²) in [7, 11) is -9.79. The van der Waals surface area contributed by atoms with Crippen LogP contribution < -0.4 is 0 Å². The Hall–Kier alpha value is -4.57. The summed E-state index contributed by atoms with van der Waals surface area (Å²) in [5.74, 6) is -1.59. The first kappa shape index (κ1) is 98.4. The number of ether oxygens (including phenoxy) is 3. The molecule has 0 bridgehead atoms. The lowest BCUT2D eigenvalue weighted by atomic mass is 10.0. The van der Waals surface area contributed by atoms with Gasteiger partial charge in [-0.15, -0.1) is 0 Å². The second-order valence-corrected chi connectivity index (χ2v) is 29.4. The molecule has 0 spiro atoms. The minimum absolute atomic E-state index is 0.103. The first-order valence-corrected chi connectivity index (χ1v) is 43.1. The van der Waals surface area contributed by atoms with Crippen molar-refractivity contribution >= 4 is 33.6 Å². The maximum absolute atomic E-state index is 13.0. The van der Waals surface area contributed by atoms with E-state index in [-0.39, 0.29) is 19.3 Å². The number of carbonyl (C=O) groups is 3. The van der Waals surface area contributed by atoms with Gasteiger partial charge in [0, 0.05) is 19.3 Å². The van der Waals surface area contributed by atoms with Crippen molar-refractivity contribution in [1.82, 2.24) is 0 Å². The Morgan fingerprint density at radius 2 is 0.515 bits per heavy atom. The first-order valence-electron chi connectivity index (χ1n) is 40.1. The predicted octanol–water partition coefficient (Wildman–Crippen LogP) is 23.7. The topological polar surface area (TPSA) is 231 Å². The van der Waals surface area contributed by atoms with Gasteiger partial charge < -0.3 is 34.2 Å². The van der Waals surface area contributed by atoms with E-state index in [1.807, 2.05) is 0 Å². The van der Waals surface area contributed by atoms with Crippen LogP contribution in [-0.2, 0) is 55.8 Å². The van der Waals surface area contributed by atoms with Crippen LogP contribution in [0.5, 0.6) is 0 Å². The van der Waals surface area contributed by atoms with Crippen molar-refractivity contribution in [3.05, 3.63) is 146 Å². The highest BCUT2D eigenvalue weighted by atomic mass is 31.2. The fourth-order valence-corrected chi connectivity index (χ4v) is 12.1. The van der Waals surface area contributed by atoms with E-state index in [4.69, 9.17) is 32.3 Å². The molecule has 0 aromatic heterocycles. The van der Waals surface area contributed by atoms with Gasteiger partial charge in [0.2, 0.25) is 0 Å². The minimum Gasteiger partial charge on any atom is -0.463 e. The zero-order valence-corrected chi connectivity index (χ0v) is 66.2. The van der Waals surface area contributed by atoms with Crippen LogP contribution in [0.25, 0.3) is 0 Å². The molecule has 18 heteroatoms. The molecule has 0 fully saturated rings. The van der Waals surface area contributed by atoms with Gasteiger partial charge in [-0.1, -0.05) is 321 Å². The molecule has 103 heavy (non-hydrogen) atoms. The van der Waals surface area contributed by atoms with E-state index in [1.54, 1.807) is 0 Å². The maximum Gasteiger partial charge on any atom is 0.472 e. The molecule has 5 unspecified atom stereocenters. The monoisotopic (exact) mass is 1480 g/mol. The van der Waals surface area contributed by atoms with Gasteiger partial charge in [0.25, 0.3) is 0 Å². The van der Waals surface area contributed by atoms with Gasteiger partial charge >= 0.3 is 33.6 Å². The molecule has 0 rings (SSSR count). The van der Waals surface area contributed by atoms with Crippen LogP contribution in [0.3, 0.4) is 0 Å². The third kappa shape index (κ3) is 78.3. The second kappa shape index (κ2) is 77.1. The van der Waals surface area contributed by atoms with Crippen LogP contribution in [-0.4, -0.2) is 95.9 Å². The summed E-state index contributed by atoms with van der Waals surface area (Å²) in [4.78, 5) is 58.7. The molecular weight excluding hydrogens is 1340 g/mol. The van der Waals surface area contributed by atoms with Gasteiger partial charge in [0.15, 0.2) is 6.10 Å². The molecular formula is C85H144O16P2. The van der Waals surface area contributed by atoms with Crippen molar-refractivity contribution in [1.29, 1.82) is 0 Å². The number of rotatable bonds is 75. The zero-order chi connectivity index (χ0) is 75.2. The third-order valence-electron chi connectivity index (χ3n) is 16.6. The van der Waals surface area contributed by atoms with Gasteiger partial charge in [-0.3, -0.25) is 32.5 Å². The van der Waals surface area contributed by atoms with Crippen LogP contribution in [0.4, 0.5) is 0 Å². The molecule has 0 aliphatic heterocycles. The summed E-state index contributed by atoms with van der Waals surface area (Å²) >= 11 is 0. The highest BCUT2D eigenvalue weighted by Crippen LogP contribution is 2.45. The number of aliphatic hydroxyl groups excluding tert-OH is 2. The largest absolute Gasteiger partial charge is 0.472 e. The average Bonchev–Trinajstić information content (AvgIpc) is 0.924. The van der Waals surface area contributed by atoms with Crippen molar-refractivity contribution in [2.24, 2.45) is 0 Å². The Morgan fingerprint density at radius 1 is 0.282 bits per heavy atom. The molecule has 0 saturated carbocycles. The second-order valence-electron chi connectivity index (χ2n) is 26.5. The minimum atomic E-state index is -4.93. The molecule has 0 aliphatic carbocycles. The van der Waals surface area contributed by atoms with E-state index in [0.717, 1.165) is 173 Å². The van der Waals surface area contributed by atoms with Gasteiger partial charge in [0.1, 0.15) is 25.4 Å². The Bertz CT molecular complexity index is 2450. The van der Waals surface area contributed by atoms with Gasteiger partial charge in [-0.2, -0.15) is 0 Å². The predicted molar refractivity (Wildman–Crippen MR) is 426 cm³/mol. The lowest BCUT2D eigenvalue weighted by Crippen LogP contribution is -2.30. The number of allylic oxidation sites excluding steroid dienone is 24. The summed E-state index contributed by atoms with van der Waals surface area (Å²) < 4.78 is 61.2. The molecule has 16 nitrogen and oxygen atoms in total. The fraction of sp³-hybridized carbons (Fsp3) is 0.682. The Labute approximate surface area is 626 Å². The zero-order valence-electron chi connectivity index (χ0n) is 64.4. The summed E-state index contributed by atoms with van der Waals surface area (Å²) in [6, 6.07) is 0. The van der Waals surface area contributed by atoms with Crippen LogP contribution in [0.2, 0.25) is 0 Å². The molecule has 5 atom stereocenters. The number of unbranched alkanes of at least 4 members (excludes halogenated alkanes) is 28. The van der Waals surface area contributed by atoms with Gasteiger partial charge in [-0.05, 0) is 122 Å². The SMILES string of the molecule is CC/C=C\C/C=C\C/C=C\C/C=C\C/C=C\C/C=C\CCCCCCCCCCC(=O)OCC(O)COP(=O)(O)OCC(O)COP(=O)(O)OCC(COC(=O)CCCCCCCCCC/C=C\C/C=C\C/C=C\C/C=C\C/C=C\C/C=C\CC)OC(=O)CCCCCCCCCCCCCCC. The van der Waals surface area contributed by atoms with Crippen LogP contribution in [0.15, 0.2) is 146 Å². The average molecular weight is 1480 g/mol. The number of phosphoric acid groups is 2. The van der Waals surface area contributed by atoms with E-state index >= 15 is 0 Å². The van der Waals surface area contributed by atoms with Crippen molar-refractivity contribution in [3.63, 3.8) is 0 Å². The molecule has 590 valence electrons. The lowest BCUT2D eigenvalue weighted by molar-refractivity contribution is -0.161. The van der Waals surface area contributed by atoms with Crippen LogP contribution in [0.1, 0.15) is 316 Å². The molecule has 0 saturated heterocycles. The molecule has 0 amide bonds. The molecule has 0 heterocycles. The van der Waals surface area contributed by atoms with E-state index in [1.165, 1.54) is 83.5 Å². The maximum atomic E-state index is 13.0. The van der Waals surface area contributed by atoms with E-state index in [9.17, 15) is 43.5 Å². The van der Waals surface area contributed by atoms with E-state index in [0.29, 0.717) is 19.3 Å². The number of esters is 3. The smallest absolute Gasteiger partial charge is 0.463 e. The van der Waals surface area contributed by atoms with Crippen molar-refractivity contribution in [3.8, 4) is 0 Å². The van der Waals surface area contributed by atoms with Crippen molar-refractivity contribution < 1.29 is 75.8 Å². The number of hydrogen-bond donors (Lipinski definition) is 4. The van der Waals surface area contributed by atoms with Crippen molar-refractivity contribution in [2.75, 3.05) is 39.6 Å². The van der Waals surface area contributed by atoms with E-state index in [2.05, 4.69) is 167 Å². The van der Waals surface area contributed by atoms with Crippen LogP contribution in [0, 0.1) is 0 Å². The fourth-order valence-electron chi connectivity index (χ4n) is 10.5. The summed E-state index contributed by atoms with van der Waals surface area (Å²) in [5.41, 5.74) is 0. The number of aliphatic hydroxyl groups is 2. The lowest BCUT2D eigenvalue weighted by Gasteiger charge is -2.21.